The number of ether oxygens (including phenoxy) is 4. The van der Waals surface area contributed by atoms with Crippen molar-refractivity contribution in [3.8, 4) is 0 Å². The number of rotatable bonds is 17. The number of carbonyl (C=O) groups is 4. The van der Waals surface area contributed by atoms with E-state index < -0.39 is 41.5 Å². The van der Waals surface area contributed by atoms with Crippen LogP contribution in [0.2, 0.25) is 0 Å². The molecule has 2 heterocycles. The van der Waals surface area contributed by atoms with Crippen molar-refractivity contribution in [1.82, 2.24) is 4.90 Å². The van der Waals surface area contributed by atoms with Gasteiger partial charge in [0.2, 0.25) is 5.79 Å². The van der Waals surface area contributed by atoms with Crippen LogP contribution in [0.3, 0.4) is 0 Å². The van der Waals surface area contributed by atoms with Gasteiger partial charge in [0.1, 0.15) is 19.3 Å². The van der Waals surface area contributed by atoms with E-state index >= 15 is 0 Å². The van der Waals surface area contributed by atoms with Gasteiger partial charge >= 0.3 is 5.97 Å². The summed E-state index contributed by atoms with van der Waals surface area (Å²) in [5.41, 5.74) is 1.75. The molecule has 10 heteroatoms. The summed E-state index contributed by atoms with van der Waals surface area (Å²) in [4.78, 5) is 53.6. The minimum atomic E-state index is -2.32. The van der Waals surface area contributed by atoms with E-state index in [0.717, 1.165) is 24.0 Å². The predicted molar refractivity (Wildman–Crippen MR) is 186 cm³/mol. The maximum absolute atomic E-state index is 13.7. The molecule has 2 aliphatic rings. The molecule has 2 aliphatic heterocycles. The van der Waals surface area contributed by atoms with Crippen molar-refractivity contribution in [2.75, 3.05) is 27.4 Å². The van der Waals surface area contributed by atoms with Crippen molar-refractivity contribution in [3.63, 3.8) is 0 Å². The number of nitrogens with zero attached hydrogens (tertiary/aromatic N) is 1. The van der Waals surface area contributed by atoms with Gasteiger partial charge in [-0.2, -0.15) is 0 Å². The topological polar surface area (TPSA) is 129 Å². The molecule has 7 atom stereocenters. The molecule has 1 unspecified atom stereocenters. The van der Waals surface area contributed by atoms with Gasteiger partial charge < -0.3 is 29.0 Å². The van der Waals surface area contributed by atoms with Crippen LogP contribution in [-0.4, -0.2) is 84.9 Å². The lowest BCUT2D eigenvalue weighted by Gasteiger charge is -2.42. The van der Waals surface area contributed by atoms with Crippen molar-refractivity contribution in [3.05, 3.63) is 71.8 Å². The van der Waals surface area contributed by atoms with Crippen LogP contribution >= 0.6 is 0 Å². The zero-order valence-corrected chi connectivity index (χ0v) is 30.0. The third-order valence-corrected chi connectivity index (χ3v) is 9.57. The summed E-state index contributed by atoms with van der Waals surface area (Å²) in [7, 11) is 3.12. The number of amides is 1. The molecule has 0 bridgehead atoms. The molecule has 49 heavy (non-hydrogen) atoms. The Bertz CT molecular complexity index is 1340. The molecule has 0 spiro atoms. The highest BCUT2D eigenvalue weighted by molar-refractivity contribution is 6.39. The number of aliphatic hydroxyl groups is 1. The molecule has 0 saturated carbocycles. The predicted octanol–water partition coefficient (Wildman–Crippen LogP) is 5.53. The zero-order valence-electron chi connectivity index (χ0n) is 30.0. The Labute approximate surface area is 291 Å². The zero-order chi connectivity index (χ0) is 36.0. The van der Waals surface area contributed by atoms with E-state index in [9.17, 15) is 24.3 Å². The van der Waals surface area contributed by atoms with Gasteiger partial charge in [-0.1, -0.05) is 81.5 Å². The number of carbonyl (C=O) groups excluding carboxylic acids is 4. The number of likely N-dealkylation sites (tertiary alicyclic amines) is 1. The van der Waals surface area contributed by atoms with Gasteiger partial charge in [-0.15, -0.1) is 0 Å². The minimum Gasteiger partial charge on any atom is -0.459 e. The van der Waals surface area contributed by atoms with Crippen LogP contribution in [0.4, 0.5) is 0 Å². The van der Waals surface area contributed by atoms with Gasteiger partial charge in [0, 0.05) is 39.0 Å². The molecule has 1 aromatic carbocycles. The van der Waals surface area contributed by atoms with Gasteiger partial charge in [-0.05, 0) is 62.5 Å². The fraction of sp³-hybridized carbons (Fsp3) is 0.590. The largest absolute Gasteiger partial charge is 0.459 e. The van der Waals surface area contributed by atoms with Crippen LogP contribution in [0.1, 0.15) is 78.2 Å². The van der Waals surface area contributed by atoms with Crippen LogP contribution in [0.25, 0.3) is 0 Å². The van der Waals surface area contributed by atoms with Crippen LogP contribution in [0, 0.1) is 17.8 Å². The second-order valence-corrected chi connectivity index (χ2v) is 13.5. The molecular weight excluding hydrogens is 626 g/mol. The minimum absolute atomic E-state index is 0.0658. The summed E-state index contributed by atoms with van der Waals surface area (Å²) in [6.07, 6.45) is 12.8. The number of Topliss-reactive ketones (excluding diaryl/α,β-unsaturated/α-hetero) is 2. The fourth-order valence-electron chi connectivity index (χ4n) is 6.42. The van der Waals surface area contributed by atoms with Gasteiger partial charge in [-0.3, -0.25) is 14.4 Å². The first-order chi connectivity index (χ1) is 23.4. The standard InChI is InChI=1S/C39H55NO9/c1-27(23-29(3)34(41)26-46-5)15-9-7-10-16-28(2)35(47-6)24-32-21-20-30(4)39(45,49-32)36(42)37(43)40-22-14-13-19-33(40)38(44)48-25-31-17-11-8-12-18-31/h7-12,15-18,27,29-30,32-33,35,45H,13-14,19-26H2,1-6H3/t27-,29-,30-,32+,33?,35+,39-/m1/s1. The number of esters is 1. The fourth-order valence-corrected chi connectivity index (χ4v) is 6.42. The van der Waals surface area contributed by atoms with Crippen molar-refractivity contribution < 1.29 is 43.2 Å². The number of hydrogen-bond acceptors (Lipinski definition) is 9. The molecule has 2 saturated heterocycles. The highest BCUT2D eigenvalue weighted by Crippen LogP contribution is 2.36. The second-order valence-electron chi connectivity index (χ2n) is 13.5. The monoisotopic (exact) mass is 681 g/mol. The molecule has 3 rings (SSSR count). The average Bonchev–Trinajstić information content (AvgIpc) is 3.10. The van der Waals surface area contributed by atoms with E-state index in [0.29, 0.717) is 32.1 Å². The average molecular weight is 682 g/mol. The van der Waals surface area contributed by atoms with E-state index in [2.05, 4.69) is 13.0 Å². The molecule has 270 valence electrons. The van der Waals surface area contributed by atoms with Crippen molar-refractivity contribution in [2.24, 2.45) is 17.8 Å². The van der Waals surface area contributed by atoms with Crippen molar-refractivity contribution in [2.45, 2.75) is 103 Å². The number of piperidine rings is 1. The Hall–Kier alpha value is -3.44. The first-order valence-electron chi connectivity index (χ1n) is 17.4. The van der Waals surface area contributed by atoms with E-state index in [1.165, 1.54) is 12.0 Å². The van der Waals surface area contributed by atoms with Crippen molar-refractivity contribution in [1.29, 1.82) is 0 Å². The number of hydrogen-bond donors (Lipinski definition) is 1. The van der Waals surface area contributed by atoms with E-state index in [1.807, 2.05) is 68.5 Å². The number of allylic oxidation sites excluding steroid dienone is 5. The summed E-state index contributed by atoms with van der Waals surface area (Å²) in [5.74, 6) is -5.25. The molecule has 1 aromatic rings. The summed E-state index contributed by atoms with van der Waals surface area (Å²) >= 11 is 0. The van der Waals surface area contributed by atoms with Crippen LogP contribution in [0.5, 0.6) is 0 Å². The smallest absolute Gasteiger partial charge is 0.329 e. The highest BCUT2D eigenvalue weighted by Gasteiger charge is 2.52. The number of benzene rings is 1. The normalized spacial score (nSPS) is 25.2. The molecular formula is C39H55NO9. The molecule has 1 amide bonds. The number of ketones is 2. The van der Waals surface area contributed by atoms with Crippen molar-refractivity contribution >= 4 is 23.4 Å². The maximum Gasteiger partial charge on any atom is 0.329 e. The Morgan fingerprint density at radius 3 is 2.47 bits per heavy atom. The molecule has 0 aromatic heterocycles. The molecule has 2 fully saturated rings. The Morgan fingerprint density at radius 1 is 1.04 bits per heavy atom. The van der Waals surface area contributed by atoms with Gasteiger partial charge in [0.15, 0.2) is 5.78 Å². The molecule has 0 radical (unpaired) electrons. The first-order valence-corrected chi connectivity index (χ1v) is 17.4. The van der Waals surface area contributed by atoms with Gasteiger partial charge in [-0.25, -0.2) is 4.79 Å². The lowest BCUT2D eigenvalue weighted by Crippen LogP contribution is -2.60. The summed E-state index contributed by atoms with van der Waals surface area (Å²) in [6, 6.07) is 8.35. The van der Waals surface area contributed by atoms with E-state index in [4.69, 9.17) is 18.9 Å². The van der Waals surface area contributed by atoms with Gasteiger partial charge in [0.25, 0.3) is 11.7 Å². The SMILES string of the molecule is COCC(=O)[C@H](C)C[C@H](C)C=CC=CC=C(C)[C@H](C[C@@H]1CC[C@@H](C)[C@](O)(C(=O)C(=O)N2CCCCC2C(=O)OCc2ccccc2)O1)OC. The van der Waals surface area contributed by atoms with Gasteiger partial charge in [0.05, 0.1) is 12.2 Å². The maximum atomic E-state index is 13.7. The Balaban J connectivity index is 1.60. The molecule has 1 N–H and O–H groups in total. The van der Waals surface area contributed by atoms with Crippen LogP contribution in [-0.2, 0) is 44.7 Å². The first kappa shape index (κ1) is 40.0. The second kappa shape index (κ2) is 19.7. The summed E-state index contributed by atoms with van der Waals surface area (Å²) < 4.78 is 22.3. The van der Waals surface area contributed by atoms with E-state index in [-0.39, 0.29) is 43.5 Å². The third-order valence-electron chi connectivity index (χ3n) is 9.57. The number of methoxy groups -OCH3 is 2. The molecule has 0 aliphatic carbocycles. The molecule has 10 nitrogen and oxygen atoms in total. The summed E-state index contributed by atoms with van der Waals surface area (Å²) in [6.45, 7) is 8.03. The summed E-state index contributed by atoms with van der Waals surface area (Å²) in [5, 5.41) is 11.6. The lowest BCUT2D eigenvalue weighted by atomic mass is 9.85. The highest BCUT2D eigenvalue weighted by atomic mass is 16.6. The quantitative estimate of drug-likeness (QED) is 0.128. The van der Waals surface area contributed by atoms with E-state index in [1.54, 1.807) is 14.0 Å². The van der Waals surface area contributed by atoms with Crippen LogP contribution in [0.15, 0.2) is 66.3 Å². The van der Waals surface area contributed by atoms with Crippen LogP contribution < -0.4 is 0 Å². The lowest BCUT2D eigenvalue weighted by molar-refractivity contribution is -0.265. The Morgan fingerprint density at radius 2 is 1.78 bits per heavy atom. The third kappa shape index (κ3) is 11.6. The Kier molecular flexibility index (Phi) is 16.1.